The van der Waals surface area contributed by atoms with E-state index in [1.165, 1.54) is 9.75 Å². The normalized spacial score (nSPS) is 19.1. The lowest BCUT2D eigenvalue weighted by molar-refractivity contribution is -0.192. The maximum Gasteiger partial charge on any atom is 0.490 e. The van der Waals surface area contributed by atoms with Crippen LogP contribution in [0.4, 0.5) is 18.9 Å². The minimum Gasteiger partial charge on any atom is -0.475 e. The number of nitrogens with zero attached hydrogens (tertiary/aromatic N) is 2. The first-order valence-electron chi connectivity index (χ1n) is 11.0. The number of hydrogen-bond acceptors (Lipinski definition) is 5. The highest BCUT2D eigenvalue weighted by Crippen LogP contribution is 2.52. The second kappa shape index (κ2) is 9.87. The van der Waals surface area contributed by atoms with Crippen LogP contribution >= 0.6 is 11.3 Å². The molecule has 4 rings (SSSR count). The van der Waals surface area contributed by atoms with Gasteiger partial charge in [-0.1, -0.05) is 32.0 Å². The van der Waals surface area contributed by atoms with Crippen molar-refractivity contribution in [2.24, 2.45) is 5.92 Å². The highest BCUT2D eigenvalue weighted by Gasteiger charge is 2.56. The predicted molar refractivity (Wildman–Crippen MR) is 126 cm³/mol. The number of para-hydroxylation sites is 1. The number of carboxylic acid groups (broad SMARTS) is 1. The standard InChI is InChI=1S/C21H28N2O2S2.C2HF3O2/c1-16(2)14-23-20-7-5-4-6-19(20)21(27(23,24)25)10-12-22(13-11-21)15-18-9-8-17(3)26-18;3-2(4,5)1(6)7/h4-9,16H,10-15H2,1-3H3;(H,6,7). The molecular formula is C23H29F3N2O4S2. The molecule has 11 heteroatoms. The van der Waals surface area contributed by atoms with Crippen LogP contribution in [0.15, 0.2) is 36.4 Å². The van der Waals surface area contributed by atoms with Crippen molar-refractivity contribution in [1.82, 2.24) is 4.90 Å². The molecule has 2 aliphatic rings. The van der Waals surface area contributed by atoms with Gasteiger partial charge in [-0.3, -0.25) is 9.21 Å². The number of thiophene rings is 1. The molecule has 1 aromatic carbocycles. The van der Waals surface area contributed by atoms with Gasteiger partial charge in [-0.2, -0.15) is 13.2 Å². The fourth-order valence-corrected chi connectivity index (χ4v) is 7.89. The molecule has 1 N–H and O–H groups in total. The Morgan fingerprint density at radius 2 is 1.74 bits per heavy atom. The number of carboxylic acids is 1. The Morgan fingerprint density at radius 1 is 1.15 bits per heavy atom. The molecule has 0 atom stereocenters. The summed E-state index contributed by atoms with van der Waals surface area (Å²) in [5.74, 6) is -2.46. The average Bonchev–Trinajstić information content (AvgIpc) is 3.23. The molecule has 2 aromatic rings. The smallest absolute Gasteiger partial charge is 0.475 e. The molecule has 0 radical (unpaired) electrons. The van der Waals surface area contributed by atoms with Gasteiger partial charge in [0.15, 0.2) is 0 Å². The van der Waals surface area contributed by atoms with Crippen LogP contribution in [0.1, 0.15) is 42.0 Å². The van der Waals surface area contributed by atoms with E-state index < -0.39 is 26.9 Å². The van der Waals surface area contributed by atoms with E-state index in [4.69, 9.17) is 9.90 Å². The molecular weight excluding hydrogens is 489 g/mol. The van der Waals surface area contributed by atoms with E-state index in [-0.39, 0.29) is 0 Å². The van der Waals surface area contributed by atoms with E-state index in [9.17, 15) is 21.6 Å². The quantitative estimate of drug-likeness (QED) is 0.617. The van der Waals surface area contributed by atoms with E-state index in [0.717, 1.165) is 30.9 Å². The van der Waals surface area contributed by atoms with Crippen molar-refractivity contribution >= 4 is 33.0 Å². The van der Waals surface area contributed by atoms with Gasteiger partial charge in [0.1, 0.15) is 4.75 Å². The molecule has 0 unspecified atom stereocenters. The van der Waals surface area contributed by atoms with Crippen molar-refractivity contribution < 1.29 is 31.5 Å². The summed E-state index contributed by atoms with van der Waals surface area (Å²) in [6, 6.07) is 12.3. The molecule has 0 amide bonds. The number of halogens is 3. The van der Waals surface area contributed by atoms with E-state index in [2.05, 4.69) is 37.8 Å². The van der Waals surface area contributed by atoms with E-state index in [0.29, 0.717) is 25.3 Å². The number of hydrogen-bond donors (Lipinski definition) is 1. The van der Waals surface area contributed by atoms with Crippen molar-refractivity contribution in [2.45, 2.75) is 51.1 Å². The SMILES string of the molecule is Cc1ccc(CN2CCC3(CC2)c2ccccc2N(CC(C)C)S3(=O)=O)s1.O=C(O)C(F)(F)F. The van der Waals surface area contributed by atoms with Crippen LogP contribution in [-0.4, -0.2) is 50.2 Å². The van der Waals surface area contributed by atoms with Gasteiger partial charge in [-0.25, -0.2) is 13.2 Å². The van der Waals surface area contributed by atoms with Crippen molar-refractivity contribution in [3.63, 3.8) is 0 Å². The molecule has 2 aliphatic heterocycles. The first kappa shape index (κ1) is 26.5. The summed E-state index contributed by atoms with van der Waals surface area (Å²) in [7, 11) is -3.39. The van der Waals surface area contributed by atoms with Gasteiger partial charge in [0.25, 0.3) is 0 Å². The van der Waals surface area contributed by atoms with Gasteiger partial charge in [0, 0.05) is 35.9 Å². The van der Waals surface area contributed by atoms with Crippen LogP contribution in [0, 0.1) is 12.8 Å². The molecule has 188 valence electrons. The molecule has 1 aromatic heterocycles. The third-order valence-electron chi connectivity index (χ3n) is 6.06. The van der Waals surface area contributed by atoms with Crippen LogP contribution < -0.4 is 4.31 Å². The Hall–Kier alpha value is -2.11. The maximum absolute atomic E-state index is 13.6. The summed E-state index contributed by atoms with van der Waals surface area (Å²) in [5, 5.41) is 7.12. The monoisotopic (exact) mass is 518 g/mol. The Balaban J connectivity index is 0.000000406. The minimum absolute atomic E-state index is 0.296. The van der Waals surface area contributed by atoms with Gasteiger partial charge in [0.05, 0.1) is 5.69 Å². The van der Waals surface area contributed by atoms with E-state index >= 15 is 0 Å². The zero-order chi connectivity index (χ0) is 25.3. The number of benzene rings is 1. The van der Waals surface area contributed by atoms with Gasteiger partial charge < -0.3 is 5.11 Å². The Bertz CT molecular complexity index is 1120. The summed E-state index contributed by atoms with van der Waals surface area (Å²) >= 11 is 1.83. The number of anilines is 1. The van der Waals surface area contributed by atoms with Crippen LogP contribution in [0.2, 0.25) is 0 Å². The molecule has 1 spiro atoms. The number of likely N-dealkylation sites (tertiary alicyclic amines) is 1. The lowest BCUT2D eigenvalue weighted by atomic mass is 9.87. The van der Waals surface area contributed by atoms with Crippen molar-refractivity contribution in [3.05, 3.63) is 51.7 Å². The minimum atomic E-state index is -5.08. The summed E-state index contributed by atoms with van der Waals surface area (Å²) in [5.41, 5.74) is 1.91. The molecule has 34 heavy (non-hydrogen) atoms. The first-order chi connectivity index (χ1) is 15.8. The molecule has 1 saturated heterocycles. The van der Waals surface area contributed by atoms with Gasteiger partial charge in [-0.15, -0.1) is 11.3 Å². The van der Waals surface area contributed by atoms with E-state index in [1.807, 2.05) is 35.6 Å². The lowest BCUT2D eigenvalue weighted by Gasteiger charge is -2.39. The Labute approximate surface area is 202 Å². The van der Waals surface area contributed by atoms with Crippen LogP contribution in [0.5, 0.6) is 0 Å². The molecule has 0 saturated carbocycles. The molecule has 1 fully saturated rings. The largest absolute Gasteiger partial charge is 0.490 e. The molecule has 3 heterocycles. The third kappa shape index (κ3) is 5.26. The maximum atomic E-state index is 13.6. The number of rotatable bonds is 4. The summed E-state index contributed by atoms with van der Waals surface area (Å²) in [6.45, 7) is 9.40. The van der Waals surface area contributed by atoms with Gasteiger partial charge >= 0.3 is 12.1 Å². The summed E-state index contributed by atoms with van der Waals surface area (Å²) in [4.78, 5) is 14.0. The fourth-order valence-electron chi connectivity index (χ4n) is 4.47. The van der Waals surface area contributed by atoms with E-state index in [1.54, 1.807) is 4.31 Å². The topological polar surface area (TPSA) is 77.9 Å². The zero-order valence-electron chi connectivity index (χ0n) is 19.3. The van der Waals surface area contributed by atoms with Crippen molar-refractivity contribution in [3.8, 4) is 0 Å². The number of sulfonamides is 1. The number of carbonyl (C=O) groups is 1. The van der Waals surface area contributed by atoms with Gasteiger partial charge in [0.2, 0.25) is 10.0 Å². The Morgan fingerprint density at radius 3 is 2.24 bits per heavy atom. The second-order valence-corrected chi connectivity index (χ2v) is 12.6. The van der Waals surface area contributed by atoms with Crippen LogP contribution in [0.25, 0.3) is 0 Å². The number of piperidine rings is 1. The van der Waals surface area contributed by atoms with Gasteiger partial charge in [-0.05, 0) is 49.4 Å². The highest BCUT2D eigenvalue weighted by molar-refractivity contribution is 7.94. The lowest BCUT2D eigenvalue weighted by Crippen LogP contribution is -2.48. The zero-order valence-corrected chi connectivity index (χ0v) is 20.9. The fraction of sp³-hybridized carbons (Fsp3) is 0.522. The number of alkyl halides is 3. The number of fused-ring (bicyclic) bond motifs is 2. The van der Waals surface area contributed by atoms with Crippen molar-refractivity contribution in [1.29, 1.82) is 0 Å². The van der Waals surface area contributed by atoms with Crippen molar-refractivity contribution in [2.75, 3.05) is 23.9 Å². The average molecular weight is 519 g/mol. The number of aliphatic carboxylic acids is 1. The predicted octanol–water partition coefficient (Wildman–Crippen LogP) is 4.99. The van der Waals surface area contributed by atoms with Crippen LogP contribution in [0.3, 0.4) is 0 Å². The second-order valence-electron chi connectivity index (χ2n) is 9.03. The molecule has 0 aliphatic carbocycles. The third-order valence-corrected chi connectivity index (χ3v) is 9.59. The molecule has 6 nitrogen and oxygen atoms in total. The Kier molecular flexibility index (Phi) is 7.69. The van der Waals surface area contributed by atoms with Crippen LogP contribution in [-0.2, 0) is 26.1 Å². The highest BCUT2D eigenvalue weighted by atomic mass is 32.2. The molecule has 0 bridgehead atoms. The number of aryl methyl sites for hydroxylation is 1. The summed E-state index contributed by atoms with van der Waals surface area (Å²) < 4.78 is 60.0. The first-order valence-corrected chi connectivity index (χ1v) is 13.2. The summed E-state index contributed by atoms with van der Waals surface area (Å²) in [6.07, 6.45) is -3.74.